The quantitative estimate of drug-likeness (QED) is 0.803. The van der Waals surface area contributed by atoms with Crippen molar-refractivity contribution in [2.24, 2.45) is 0 Å². The Kier molecular flexibility index (Phi) is 6.27. The number of likely N-dealkylation sites (N-methyl/N-ethyl adjacent to an activating group) is 1. The van der Waals surface area contributed by atoms with E-state index in [0.29, 0.717) is 6.54 Å². The van der Waals surface area contributed by atoms with E-state index in [0.717, 1.165) is 10.9 Å². The van der Waals surface area contributed by atoms with Crippen molar-refractivity contribution in [3.63, 3.8) is 0 Å². The molecule has 1 atom stereocenters. The van der Waals surface area contributed by atoms with Gasteiger partial charge in [-0.25, -0.2) is 4.79 Å². The summed E-state index contributed by atoms with van der Waals surface area (Å²) in [5, 5.41) is 6.99. The van der Waals surface area contributed by atoms with Crippen LogP contribution in [0.3, 0.4) is 0 Å². The van der Waals surface area contributed by atoms with Gasteiger partial charge in [0.15, 0.2) is 5.75 Å². The number of benzene rings is 1. The van der Waals surface area contributed by atoms with Crippen LogP contribution in [0.1, 0.15) is 10.9 Å². The van der Waals surface area contributed by atoms with E-state index in [1.165, 1.54) is 18.2 Å². The van der Waals surface area contributed by atoms with E-state index in [4.69, 9.17) is 0 Å². The van der Waals surface area contributed by atoms with Crippen molar-refractivity contribution in [2.75, 3.05) is 26.0 Å². The number of alkyl halides is 3. The van der Waals surface area contributed by atoms with E-state index in [1.54, 1.807) is 11.3 Å². The number of hydrogen-bond donors (Lipinski definition) is 2. The predicted molar refractivity (Wildman–Crippen MR) is 90.9 cm³/mol. The number of carbonyl (C=O) groups excluding carboxylic acids is 1. The molecule has 2 amide bonds. The van der Waals surface area contributed by atoms with Crippen LogP contribution in [0.25, 0.3) is 0 Å². The lowest BCUT2D eigenvalue weighted by Gasteiger charge is -2.23. The zero-order valence-electron chi connectivity index (χ0n) is 13.6. The Labute approximate surface area is 147 Å². The number of urea groups is 1. The lowest BCUT2D eigenvalue weighted by atomic mass is 10.2. The Morgan fingerprint density at radius 2 is 1.96 bits per heavy atom. The summed E-state index contributed by atoms with van der Waals surface area (Å²) < 4.78 is 41.1. The molecule has 2 rings (SSSR count). The number of thiophene rings is 1. The van der Waals surface area contributed by atoms with Gasteiger partial charge in [-0.1, -0.05) is 18.2 Å². The van der Waals surface area contributed by atoms with Gasteiger partial charge >= 0.3 is 12.4 Å². The molecule has 9 heteroatoms. The molecule has 2 aromatic rings. The summed E-state index contributed by atoms with van der Waals surface area (Å²) in [6, 6.07) is 8.61. The minimum atomic E-state index is -4.83. The van der Waals surface area contributed by atoms with Crippen LogP contribution in [0.2, 0.25) is 0 Å². The number of rotatable bonds is 6. The van der Waals surface area contributed by atoms with E-state index in [2.05, 4.69) is 15.4 Å². The highest BCUT2D eigenvalue weighted by Gasteiger charge is 2.32. The summed E-state index contributed by atoms with van der Waals surface area (Å²) in [6.07, 6.45) is -4.83. The highest BCUT2D eigenvalue weighted by molar-refractivity contribution is 7.10. The van der Waals surface area contributed by atoms with Gasteiger partial charge in [-0.15, -0.1) is 24.5 Å². The van der Waals surface area contributed by atoms with E-state index in [1.807, 2.05) is 36.5 Å². The molecule has 0 aliphatic heterocycles. The fourth-order valence-corrected chi connectivity index (χ4v) is 3.08. The molecule has 0 bridgehead atoms. The first-order valence-corrected chi connectivity index (χ1v) is 8.23. The Morgan fingerprint density at radius 3 is 2.56 bits per heavy atom. The van der Waals surface area contributed by atoms with Crippen molar-refractivity contribution < 1.29 is 22.7 Å². The number of para-hydroxylation sites is 2. The molecule has 0 aliphatic rings. The van der Waals surface area contributed by atoms with Crippen LogP contribution in [-0.4, -0.2) is 37.9 Å². The molecule has 1 unspecified atom stereocenters. The van der Waals surface area contributed by atoms with Crippen LogP contribution < -0.4 is 15.4 Å². The van der Waals surface area contributed by atoms with E-state index in [9.17, 15) is 18.0 Å². The normalized spacial score (nSPS) is 12.7. The van der Waals surface area contributed by atoms with Crippen LogP contribution >= 0.6 is 11.3 Å². The molecule has 2 N–H and O–H groups in total. The van der Waals surface area contributed by atoms with Crippen molar-refractivity contribution >= 4 is 23.1 Å². The summed E-state index contributed by atoms with van der Waals surface area (Å²) >= 11 is 1.57. The first-order valence-electron chi connectivity index (χ1n) is 7.35. The van der Waals surface area contributed by atoms with Gasteiger partial charge in [0, 0.05) is 11.4 Å². The van der Waals surface area contributed by atoms with Crippen molar-refractivity contribution in [3.05, 3.63) is 46.7 Å². The third-order valence-corrected chi connectivity index (χ3v) is 4.29. The van der Waals surface area contributed by atoms with Gasteiger partial charge < -0.3 is 20.3 Å². The molecule has 25 heavy (non-hydrogen) atoms. The molecule has 0 radical (unpaired) electrons. The van der Waals surface area contributed by atoms with E-state index >= 15 is 0 Å². The number of halogens is 3. The van der Waals surface area contributed by atoms with E-state index in [-0.39, 0.29) is 11.7 Å². The highest BCUT2D eigenvalue weighted by Crippen LogP contribution is 2.30. The third kappa shape index (κ3) is 5.95. The maximum atomic E-state index is 12.4. The maximum Gasteiger partial charge on any atom is 0.573 e. The SMILES string of the molecule is CN(C)C(CNC(=O)Nc1ccccc1OC(F)(F)F)c1cccs1. The fraction of sp³-hybridized carbons (Fsp3) is 0.312. The standard InChI is InChI=1S/C16H18F3N3O2S/c1-22(2)12(14-8-5-9-25-14)10-20-15(23)21-11-6-3-4-7-13(11)24-16(17,18)19/h3-9,12H,10H2,1-2H3,(H2,20,21,23). The minimum Gasteiger partial charge on any atom is -0.404 e. The van der Waals surface area contributed by atoms with Crippen LogP contribution in [0.4, 0.5) is 23.7 Å². The monoisotopic (exact) mass is 373 g/mol. The molecule has 0 saturated carbocycles. The summed E-state index contributed by atoms with van der Waals surface area (Å²) in [5.74, 6) is -0.465. The fourth-order valence-electron chi connectivity index (χ4n) is 2.16. The van der Waals surface area contributed by atoms with Gasteiger partial charge in [0.1, 0.15) is 0 Å². The average molecular weight is 373 g/mol. The van der Waals surface area contributed by atoms with Gasteiger partial charge in [0.05, 0.1) is 11.7 Å². The summed E-state index contributed by atoms with van der Waals surface area (Å²) in [7, 11) is 3.77. The molecule has 1 aromatic carbocycles. The van der Waals surface area contributed by atoms with Crippen LogP contribution in [0, 0.1) is 0 Å². The molecule has 0 aliphatic carbocycles. The second-order valence-corrected chi connectivity index (χ2v) is 6.35. The number of ether oxygens (including phenoxy) is 1. The largest absolute Gasteiger partial charge is 0.573 e. The van der Waals surface area contributed by atoms with Crippen molar-refractivity contribution in [1.82, 2.24) is 10.2 Å². The number of amides is 2. The zero-order valence-corrected chi connectivity index (χ0v) is 14.4. The molecule has 1 heterocycles. The first-order chi connectivity index (χ1) is 11.8. The summed E-state index contributed by atoms with van der Waals surface area (Å²) in [5.41, 5.74) is -0.0603. The highest BCUT2D eigenvalue weighted by atomic mass is 32.1. The van der Waals surface area contributed by atoms with Gasteiger partial charge in [0.25, 0.3) is 0 Å². The number of carbonyl (C=O) groups is 1. The Morgan fingerprint density at radius 1 is 1.24 bits per heavy atom. The average Bonchev–Trinajstić information content (AvgIpc) is 3.02. The molecule has 5 nitrogen and oxygen atoms in total. The minimum absolute atomic E-state index is 0.0348. The zero-order chi connectivity index (χ0) is 18.4. The Balaban J connectivity index is 1.98. The third-order valence-electron chi connectivity index (χ3n) is 3.31. The summed E-state index contributed by atoms with van der Waals surface area (Å²) in [4.78, 5) is 15.1. The Hall–Kier alpha value is -2.26. The van der Waals surface area contributed by atoms with Crippen molar-refractivity contribution in [2.45, 2.75) is 12.4 Å². The number of nitrogens with zero attached hydrogens (tertiary/aromatic N) is 1. The van der Waals surface area contributed by atoms with E-state index < -0.39 is 18.1 Å². The van der Waals surface area contributed by atoms with Crippen LogP contribution in [-0.2, 0) is 0 Å². The lowest BCUT2D eigenvalue weighted by molar-refractivity contribution is -0.274. The van der Waals surface area contributed by atoms with Crippen LogP contribution in [0.15, 0.2) is 41.8 Å². The van der Waals surface area contributed by atoms with Crippen molar-refractivity contribution in [3.8, 4) is 5.75 Å². The second kappa shape index (κ2) is 8.21. The number of nitrogens with one attached hydrogen (secondary N) is 2. The van der Waals surface area contributed by atoms with Crippen LogP contribution in [0.5, 0.6) is 5.75 Å². The van der Waals surface area contributed by atoms with Gasteiger partial charge in [-0.3, -0.25) is 0 Å². The molecule has 1 aromatic heterocycles. The molecule has 0 spiro atoms. The molecular weight excluding hydrogens is 355 g/mol. The topological polar surface area (TPSA) is 53.6 Å². The predicted octanol–water partition coefficient (Wildman–Crippen LogP) is 4.07. The molecular formula is C16H18F3N3O2S. The molecule has 0 saturated heterocycles. The maximum absolute atomic E-state index is 12.4. The van der Waals surface area contributed by atoms with Crippen molar-refractivity contribution in [1.29, 1.82) is 0 Å². The molecule has 136 valence electrons. The number of hydrogen-bond acceptors (Lipinski definition) is 4. The smallest absolute Gasteiger partial charge is 0.404 e. The lowest BCUT2D eigenvalue weighted by Crippen LogP contribution is -2.36. The van der Waals surface area contributed by atoms with Gasteiger partial charge in [-0.2, -0.15) is 0 Å². The summed E-state index contributed by atoms with van der Waals surface area (Å²) in [6.45, 7) is 0.307. The second-order valence-electron chi connectivity index (χ2n) is 5.37. The van der Waals surface area contributed by atoms with Gasteiger partial charge in [0.2, 0.25) is 0 Å². The number of anilines is 1. The first kappa shape index (κ1) is 19.1. The molecule has 0 fully saturated rings. The Bertz CT molecular complexity index is 690. The van der Waals surface area contributed by atoms with Gasteiger partial charge in [-0.05, 0) is 37.7 Å².